The summed E-state index contributed by atoms with van der Waals surface area (Å²) in [5.74, 6) is 0.794. The molecule has 0 aliphatic carbocycles. The van der Waals surface area contributed by atoms with Gasteiger partial charge in [-0.25, -0.2) is 4.79 Å². The van der Waals surface area contributed by atoms with Crippen molar-refractivity contribution in [2.24, 2.45) is 5.92 Å². The molecule has 0 bridgehead atoms. The van der Waals surface area contributed by atoms with E-state index in [2.05, 4.69) is 26.6 Å². The van der Waals surface area contributed by atoms with Crippen molar-refractivity contribution in [3.8, 4) is 5.75 Å². The van der Waals surface area contributed by atoms with Gasteiger partial charge in [-0.05, 0) is 47.0 Å². The van der Waals surface area contributed by atoms with Crippen molar-refractivity contribution < 1.29 is 19.6 Å². The topological polar surface area (TPSA) is 84.0 Å². The van der Waals surface area contributed by atoms with Crippen LogP contribution in [0.25, 0.3) is 0 Å². The molecule has 0 unspecified atom stereocenters. The van der Waals surface area contributed by atoms with Gasteiger partial charge in [-0.3, -0.25) is 10.1 Å². The van der Waals surface area contributed by atoms with E-state index in [0.717, 1.165) is 15.8 Å². The summed E-state index contributed by atoms with van der Waals surface area (Å²) in [6, 6.07) is 5.44. The van der Waals surface area contributed by atoms with Crippen LogP contribution in [0.4, 0.5) is 4.79 Å². The van der Waals surface area contributed by atoms with E-state index >= 15 is 0 Å². The number of carbonyl (C=O) groups excluding carboxylic acids is 2. The van der Waals surface area contributed by atoms with Crippen LogP contribution in [-0.4, -0.2) is 32.1 Å². The summed E-state index contributed by atoms with van der Waals surface area (Å²) < 4.78 is 6.07. The number of methoxy groups -OCH3 is 1. The van der Waals surface area contributed by atoms with Crippen molar-refractivity contribution in [3.63, 3.8) is 0 Å². The fourth-order valence-corrected chi connectivity index (χ4v) is 2.46. The van der Waals surface area contributed by atoms with Gasteiger partial charge in [0.1, 0.15) is 11.8 Å². The molecule has 1 aromatic carbocycles. The van der Waals surface area contributed by atoms with Crippen LogP contribution in [0.2, 0.25) is 0 Å². The highest BCUT2D eigenvalue weighted by Crippen LogP contribution is 2.26. The first-order valence-corrected chi connectivity index (χ1v) is 8.37. The molecule has 0 radical (unpaired) electrons. The maximum atomic E-state index is 11.8. The number of nitrogens with one attached hydrogen (secondary N) is 2. The lowest BCUT2D eigenvalue weighted by Crippen LogP contribution is -2.87. The van der Waals surface area contributed by atoms with E-state index in [1.165, 1.54) is 0 Å². The molecule has 3 amide bonds. The lowest BCUT2D eigenvalue weighted by molar-refractivity contribution is -0.682. The van der Waals surface area contributed by atoms with Crippen molar-refractivity contribution in [2.45, 2.75) is 26.8 Å². The molecule has 0 saturated heterocycles. The number of amides is 3. The fraction of sp³-hybridized carbons (Fsp3) is 0.500. The van der Waals surface area contributed by atoms with Gasteiger partial charge in [0.25, 0.3) is 5.91 Å². The first-order valence-electron chi connectivity index (χ1n) is 7.58. The van der Waals surface area contributed by atoms with E-state index < -0.39 is 6.03 Å². The van der Waals surface area contributed by atoms with Gasteiger partial charge in [0.15, 0.2) is 6.54 Å². The smallest absolute Gasteiger partial charge is 0.321 e. The lowest BCUT2D eigenvalue weighted by Gasteiger charge is -2.13. The molecule has 128 valence electrons. The monoisotopic (exact) mass is 386 g/mol. The number of hydrogen-bond donors (Lipinski definition) is 3. The zero-order valence-corrected chi connectivity index (χ0v) is 15.6. The Kier molecular flexibility index (Phi) is 8.05. The molecule has 1 rings (SSSR count). The van der Waals surface area contributed by atoms with Crippen LogP contribution in [-0.2, 0) is 4.79 Å². The Hall–Kier alpha value is -1.60. The molecule has 6 nitrogen and oxygen atoms in total. The lowest BCUT2D eigenvalue weighted by atomic mass is 10.1. The second kappa shape index (κ2) is 9.52. The molecule has 0 heterocycles. The van der Waals surface area contributed by atoms with Gasteiger partial charge in [0, 0.05) is 12.1 Å². The average Bonchev–Trinajstić information content (AvgIpc) is 2.50. The minimum atomic E-state index is -0.447. The minimum absolute atomic E-state index is 0.0849. The van der Waals surface area contributed by atoms with Crippen LogP contribution >= 0.6 is 15.9 Å². The number of imide groups is 1. The summed E-state index contributed by atoms with van der Waals surface area (Å²) in [6.45, 7) is 6.70. The zero-order valence-electron chi connectivity index (χ0n) is 14.0. The van der Waals surface area contributed by atoms with E-state index in [9.17, 15) is 9.59 Å². The summed E-state index contributed by atoms with van der Waals surface area (Å²) >= 11 is 3.45. The Bertz CT molecular complexity index is 549. The van der Waals surface area contributed by atoms with E-state index in [1.807, 2.05) is 44.3 Å². The van der Waals surface area contributed by atoms with Crippen LogP contribution in [0.3, 0.4) is 0 Å². The number of hydrogen-bond acceptors (Lipinski definition) is 3. The fourth-order valence-electron chi connectivity index (χ4n) is 1.90. The Labute approximate surface area is 145 Å². The van der Waals surface area contributed by atoms with E-state index in [1.54, 1.807) is 7.11 Å². The van der Waals surface area contributed by atoms with Gasteiger partial charge in [-0.1, -0.05) is 13.8 Å². The van der Waals surface area contributed by atoms with Gasteiger partial charge in [0.05, 0.1) is 11.6 Å². The highest BCUT2D eigenvalue weighted by molar-refractivity contribution is 9.10. The van der Waals surface area contributed by atoms with Crippen LogP contribution in [0.5, 0.6) is 5.75 Å². The van der Waals surface area contributed by atoms with Gasteiger partial charge in [0.2, 0.25) is 0 Å². The molecule has 7 heteroatoms. The number of nitrogens with two attached hydrogens (primary N) is 1. The van der Waals surface area contributed by atoms with Gasteiger partial charge in [-0.2, -0.15) is 0 Å². The van der Waals surface area contributed by atoms with E-state index in [-0.39, 0.29) is 18.5 Å². The van der Waals surface area contributed by atoms with Gasteiger partial charge >= 0.3 is 6.03 Å². The first kappa shape index (κ1) is 19.4. The quantitative estimate of drug-likeness (QED) is 0.664. The van der Waals surface area contributed by atoms with E-state index in [0.29, 0.717) is 12.5 Å². The summed E-state index contributed by atoms with van der Waals surface area (Å²) in [5, 5.41) is 6.84. The normalized spacial score (nSPS) is 11.9. The molecule has 0 spiro atoms. The Balaban J connectivity index is 2.43. The second-order valence-electron chi connectivity index (χ2n) is 5.77. The SMILES string of the molecule is COc1ccc([C@@H](C)[NH2+]CC(=O)NC(=O)NCC(C)C)cc1Br. The molecular formula is C16H25BrN3O3+. The van der Waals surface area contributed by atoms with Crippen molar-refractivity contribution in [3.05, 3.63) is 28.2 Å². The maximum Gasteiger partial charge on any atom is 0.321 e. The predicted octanol–water partition coefficient (Wildman–Crippen LogP) is 1.56. The third kappa shape index (κ3) is 7.00. The van der Waals surface area contributed by atoms with Crippen molar-refractivity contribution in [1.82, 2.24) is 10.6 Å². The minimum Gasteiger partial charge on any atom is -0.496 e. The predicted molar refractivity (Wildman–Crippen MR) is 92.3 cm³/mol. The van der Waals surface area contributed by atoms with Crippen LogP contribution in [0, 0.1) is 5.92 Å². The Morgan fingerprint density at radius 1 is 1.30 bits per heavy atom. The number of benzene rings is 1. The van der Waals surface area contributed by atoms with Crippen LogP contribution in [0.15, 0.2) is 22.7 Å². The molecule has 0 fully saturated rings. The number of ether oxygens (including phenoxy) is 1. The maximum absolute atomic E-state index is 11.8. The van der Waals surface area contributed by atoms with Crippen LogP contribution in [0.1, 0.15) is 32.4 Å². The van der Waals surface area contributed by atoms with Crippen molar-refractivity contribution >= 4 is 27.9 Å². The zero-order chi connectivity index (χ0) is 17.4. The molecule has 4 N–H and O–H groups in total. The highest BCUT2D eigenvalue weighted by atomic mass is 79.9. The van der Waals surface area contributed by atoms with Crippen molar-refractivity contribution in [2.75, 3.05) is 20.2 Å². The average molecular weight is 387 g/mol. The number of halogens is 1. The number of urea groups is 1. The third-order valence-electron chi connectivity index (χ3n) is 3.28. The summed E-state index contributed by atoms with van der Waals surface area (Å²) in [4.78, 5) is 23.3. The van der Waals surface area contributed by atoms with E-state index in [4.69, 9.17) is 4.74 Å². The molecular weight excluding hydrogens is 362 g/mol. The molecule has 0 aromatic heterocycles. The highest BCUT2D eigenvalue weighted by Gasteiger charge is 2.15. The molecule has 1 aromatic rings. The third-order valence-corrected chi connectivity index (χ3v) is 3.90. The molecule has 0 aliphatic heterocycles. The number of quaternary nitrogens is 1. The molecule has 23 heavy (non-hydrogen) atoms. The number of rotatable bonds is 7. The summed E-state index contributed by atoms with van der Waals surface area (Å²) in [6.07, 6.45) is 0. The molecule has 0 saturated carbocycles. The summed E-state index contributed by atoms with van der Waals surface area (Å²) in [7, 11) is 1.62. The molecule has 0 aliphatic rings. The van der Waals surface area contributed by atoms with Gasteiger partial charge < -0.3 is 15.4 Å². The first-order chi connectivity index (χ1) is 10.8. The Morgan fingerprint density at radius 3 is 2.57 bits per heavy atom. The number of carbonyl (C=O) groups is 2. The van der Waals surface area contributed by atoms with Gasteiger partial charge in [-0.15, -0.1) is 0 Å². The second-order valence-corrected chi connectivity index (χ2v) is 6.63. The standard InChI is InChI=1S/C16H24BrN3O3/c1-10(2)8-19-16(22)20-15(21)9-18-11(3)12-5-6-14(23-4)13(17)7-12/h5-7,10-11,18H,8-9H2,1-4H3,(H2,19,20,21,22)/p+1/t11-/m1/s1. The van der Waals surface area contributed by atoms with Crippen LogP contribution < -0.4 is 20.7 Å². The largest absolute Gasteiger partial charge is 0.496 e. The Morgan fingerprint density at radius 2 is 2.00 bits per heavy atom. The van der Waals surface area contributed by atoms with Crippen molar-refractivity contribution in [1.29, 1.82) is 0 Å². The summed E-state index contributed by atoms with van der Waals surface area (Å²) in [5.41, 5.74) is 1.06. The molecule has 1 atom stereocenters.